The van der Waals surface area contributed by atoms with Crippen LogP contribution in [0.25, 0.3) is 0 Å². The van der Waals surface area contributed by atoms with Crippen LogP contribution in [0.5, 0.6) is 0 Å². The average Bonchev–Trinajstić information content (AvgIpc) is 2.87. The highest BCUT2D eigenvalue weighted by atomic mass is 32.2. The summed E-state index contributed by atoms with van der Waals surface area (Å²) in [5, 5.41) is 2.89. The normalized spacial score (nSPS) is 27.5. The maximum absolute atomic E-state index is 12.4. The van der Waals surface area contributed by atoms with Gasteiger partial charge in [-0.25, -0.2) is 18.4 Å². The Hall–Kier alpha value is -1.70. The summed E-state index contributed by atoms with van der Waals surface area (Å²) in [7, 11) is -2.97. The molecular weight excluding hydrogens is 304 g/mol. The van der Waals surface area contributed by atoms with E-state index in [1.807, 2.05) is 4.90 Å². The summed E-state index contributed by atoms with van der Waals surface area (Å²) in [6.45, 7) is 1.42. The first kappa shape index (κ1) is 15.2. The van der Waals surface area contributed by atoms with Crippen molar-refractivity contribution >= 4 is 21.7 Å². The van der Waals surface area contributed by atoms with Gasteiger partial charge < -0.3 is 10.2 Å². The summed E-state index contributed by atoms with van der Waals surface area (Å²) in [5.74, 6) is 0.691. The predicted octanol–water partition coefficient (Wildman–Crippen LogP) is -0.00370. The zero-order chi connectivity index (χ0) is 15.6. The van der Waals surface area contributed by atoms with Gasteiger partial charge in [-0.15, -0.1) is 0 Å². The van der Waals surface area contributed by atoms with Crippen LogP contribution in [0.15, 0.2) is 18.5 Å². The molecule has 3 heterocycles. The highest BCUT2D eigenvalue weighted by Gasteiger charge is 2.32. The lowest BCUT2D eigenvalue weighted by atomic mass is 9.97. The van der Waals surface area contributed by atoms with Crippen LogP contribution in [0.2, 0.25) is 0 Å². The number of aromatic nitrogens is 2. The molecule has 2 aliphatic heterocycles. The number of nitrogens with one attached hydrogen (secondary N) is 1. The predicted molar refractivity (Wildman–Crippen MR) is 82.2 cm³/mol. The van der Waals surface area contributed by atoms with Gasteiger partial charge >= 0.3 is 0 Å². The van der Waals surface area contributed by atoms with Crippen molar-refractivity contribution in [1.82, 2.24) is 15.3 Å². The number of rotatable bonds is 3. The summed E-state index contributed by atoms with van der Waals surface area (Å²) in [6, 6.07) is 1.53. The maximum Gasteiger partial charge on any atom is 0.225 e. The van der Waals surface area contributed by atoms with Crippen LogP contribution < -0.4 is 10.2 Å². The van der Waals surface area contributed by atoms with Crippen LogP contribution >= 0.6 is 0 Å². The average molecular weight is 324 g/mol. The van der Waals surface area contributed by atoms with Gasteiger partial charge in [0.1, 0.15) is 0 Å². The van der Waals surface area contributed by atoms with E-state index < -0.39 is 9.84 Å². The van der Waals surface area contributed by atoms with E-state index in [1.165, 1.54) is 0 Å². The molecule has 0 saturated carbocycles. The van der Waals surface area contributed by atoms with Gasteiger partial charge in [-0.1, -0.05) is 0 Å². The largest absolute Gasteiger partial charge is 0.352 e. The fourth-order valence-corrected chi connectivity index (χ4v) is 4.73. The molecule has 120 valence electrons. The molecule has 0 bridgehead atoms. The molecule has 0 unspecified atom stereocenters. The van der Waals surface area contributed by atoms with E-state index in [9.17, 15) is 13.2 Å². The molecule has 0 aliphatic carbocycles. The number of sulfone groups is 1. The molecule has 3 rings (SSSR count). The SMILES string of the molecule is O=C(N[C@H]1CCS(=O)(=O)C1)[C@H]1CCCN(c2ncccn2)C1. The van der Waals surface area contributed by atoms with Crippen LogP contribution in [0.3, 0.4) is 0 Å². The molecular formula is C14H20N4O3S. The number of hydrogen-bond donors (Lipinski definition) is 1. The van der Waals surface area contributed by atoms with Crippen LogP contribution in [-0.2, 0) is 14.6 Å². The smallest absolute Gasteiger partial charge is 0.225 e. The zero-order valence-corrected chi connectivity index (χ0v) is 13.1. The number of carbonyl (C=O) groups excluding carboxylic acids is 1. The molecule has 2 atom stereocenters. The van der Waals surface area contributed by atoms with E-state index in [0.29, 0.717) is 18.9 Å². The van der Waals surface area contributed by atoms with Crippen LogP contribution in [0.1, 0.15) is 19.3 Å². The number of amides is 1. The molecule has 22 heavy (non-hydrogen) atoms. The molecule has 7 nitrogen and oxygen atoms in total. The maximum atomic E-state index is 12.4. The zero-order valence-electron chi connectivity index (χ0n) is 12.3. The van der Waals surface area contributed by atoms with E-state index in [2.05, 4.69) is 15.3 Å². The molecule has 2 aliphatic rings. The van der Waals surface area contributed by atoms with Crippen LogP contribution in [-0.4, -0.2) is 54.9 Å². The Balaban J connectivity index is 1.59. The van der Waals surface area contributed by atoms with Crippen LogP contribution in [0, 0.1) is 5.92 Å². The van der Waals surface area contributed by atoms with Crippen molar-refractivity contribution in [1.29, 1.82) is 0 Å². The molecule has 1 N–H and O–H groups in total. The van der Waals surface area contributed by atoms with Crippen molar-refractivity contribution in [3.05, 3.63) is 18.5 Å². The molecule has 8 heteroatoms. The van der Waals surface area contributed by atoms with E-state index in [4.69, 9.17) is 0 Å². The number of hydrogen-bond acceptors (Lipinski definition) is 6. The van der Waals surface area contributed by atoms with Gasteiger partial charge in [-0.2, -0.15) is 0 Å². The van der Waals surface area contributed by atoms with Crippen molar-refractivity contribution < 1.29 is 13.2 Å². The van der Waals surface area contributed by atoms with Crippen molar-refractivity contribution in [2.45, 2.75) is 25.3 Å². The Morgan fingerprint density at radius 3 is 2.73 bits per heavy atom. The molecule has 1 aromatic heterocycles. The molecule has 2 fully saturated rings. The third-order valence-corrected chi connectivity index (χ3v) is 5.97. The number of carbonyl (C=O) groups is 1. The van der Waals surface area contributed by atoms with Crippen molar-refractivity contribution in [2.75, 3.05) is 29.5 Å². The van der Waals surface area contributed by atoms with Crippen LogP contribution in [0.4, 0.5) is 5.95 Å². The standard InChI is InChI=1S/C14H20N4O3S/c19-13(17-12-4-8-22(20,21)10-12)11-3-1-7-18(9-11)14-15-5-2-6-16-14/h2,5-6,11-12H,1,3-4,7-10H2,(H,17,19)/t11-,12-/m0/s1. The van der Waals surface area contributed by atoms with Gasteiger partial charge in [0.05, 0.1) is 17.4 Å². The molecule has 0 spiro atoms. The molecule has 0 radical (unpaired) electrons. The first-order valence-electron chi connectivity index (χ1n) is 7.56. The monoisotopic (exact) mass is 324 g/mol. The number of nitrogens with zero attached hydrogens (tertiary/aromatic N) is 3. The molecule has 0 aromatic carbocycles. The van der Waals surface area contributed by atoms with Gasteiger partial charge in [0.15, 0.2) is 9.84 Å². The third kappa shape index (κ3) is 3.55. The summed E-state index contributed by atoms with van der Waals surface area (Å²) in [4.78, 5) is 22.8. The first-order valence-corrected chi connectivity index (χ1v) is 9.38. The van der Waals surface area contributed by atoms with Crippen molar-refractivity contribution in [3.8, 4) is 0 Å². The van der Waals surface area contributed by atoms with Crippen molar-refractivity contribution in [3.63, 3.8) is 0 Å². The Morgan fingerprint density at radius 1 is 1.27 bits per heavy atom. The van der Waals surface area contributed by atoms with E-state index in [-0.39, 0.29) is 29.4 Å². The minimum atomic E-state index is -2.97. The minimum absolute atomic E-state index is 0.0530. The summed E-state index contributed by atoms with van der Waals surface area (Å²) >= 11 is 0. The Bertz CT molecular complexity index is 635. The van der Waals surface area contributed by atoms with Gasteiger partial charge in [-0.05, 0) is 25.3 Å². The Kier molecular flexibility index (Phi) is 4.28. The fourth-order valence-electron chi connectivity index (χ4n) is 3.06. The topological polar surface area (TPSA) is 92.3 Å². The van der Waals surface area contributed by atoms with Gasteiger partial charge in [0.2, 0.25) is 11.9 Å². The summed E-state index contributed by atoms with van der Waals surface area (Å²) in [5.41, 5.74) is 0. The quantitative estimate of drug-likeness (QED) is 0.841. The Morgan fingerprint density at radius 2 is 2.05 bits per heavy atom. The summed E-state index contributed by atoms with van der Waals surface area (Å²) < 4.78 is 22.9. The second-order valence-corrected chi connectivity index (χ2v) is 8.17. The second-order valence-electron chi connectivity index (χ2n) is 5.94. The third-order valence-electron chi connectivity index (χ3n) is 4.21. The highest BCUT2D eigenvalue weighted by Crippen LogP contribution is 2.21. The summed E-state index contributed by atoms with van der Waals surface area (Å²) in [6.07, 6.45) is 5.62. The molecule has 1 aromatic rings. The van der Waals surface area contributed by atoms with Gasteiger partial charge in [0.25, 0.3) is 0 Å². The molecule has 2 saturated heterocycles. The number of anilines is 1. The fraction of sp³-hybridized carbons (Fsp3) is 0.643. The highest BCUT2D eigenvalue weighted by molar-refractivity contribution is 7.91. The number of piperidine rings is 1. The van der Waals surface area contributed by atoms with Gasteiger partial charge in [-0.3, -0.25) is 4.79 Å². The van der Waals surface area contributed by atoms with E-state index >= 15 is 0 Å². The van der Waals surface area contributed by atoms with E-state index in [1.54, 1.807) is 18.5 Å². The lowest BCUT2D eigenvalue weighted by Gasteiger charge is -2.32. The second kappa shape index (κ2) is 6.20. The van der Waals surface area contributed by atoms with Gasteiger partial charge in [0, 0.05) is 31.5 Å². The minimum Gasteiger partial charge on any atom is -0.352 e. The molecule has 1 amide bonds. The Labute approximate surface area is 130 Å². The first-order chi connectivity index (χ1) is 10.5. The van der Waals surface area contributed by atoms with Crippen molar-refractivity contribution in [2.24, 2.45) is 5.92 Å². The van der Waals surface area contributed by atoms with E-state index in [0.717, 1.165) is 19.4 Å². The lowest BCUT2D eigenvalue weighted by molar-refractivity contribution is -0.125. The lowest BCUT2D eigenvalue weighted by Crippen LogP contribution is -2.46.